The fourth-order valence-electron chi connectivity index (χ4n) is 2.33. The number of hydrogen-bond donors (Lipinski definition) is 1. The Hall–Kier alpha value is -1.82. The van der Waals surface area contributed by atoms with E-state index in [1.54, 1.807) is 6.07 Å². The van der Waals surface area contributed by atoms with Gasteiger partial charge in [0.2, 0.25) is 0 Å². The lowest BCUT2D eigenvalue weighted by Crippen LogP contribution is -2.49. The molecule has 0 aromatic heterocycles. The van der Waals surface area contributed by atoms with Gasteiger partial charge in [-0.1, -0.05) is 6.92 Å². The molecule has 1 aliphatic rings. The molecule has 1 atom stereocenters. The normalized spacial score (nSPS) is 18.9. The molecule has 1 saturated heterocycles. The summed E-state index contributed by atoms with van der Waals surface area (Å²) in [6.07, 6.45) is 0.878. The highest BCUT2D eigenvalue weighted by atomic mass is 16.6. The average molecular weight is 279 g/mol. The number of non-ortho nitro benzene ring substituents is 1. The predicted octanol–water partition coefficient (Wildman–Crippen LogP) is 2.18. The standard InChI is InChI=1S/C14H21N3O3/c1-3-6-20-14-8-12(7-13(9-14)17(18)19)16-5-4-15-11(2)10-16/h7-9,11,15H,3-6,10H2,1-2H3. The Labute approximate surface area is 118 Å². The molecule has 6 heteroatoms. The molecule has 110 valence electrons. The number of piperazine rings is 1. The van der Waals surface area contributed by atoms with E-state index in [0.29, 0.717) is 18.4 Å². The first kappa shape index (κ1) is 14.6. The maximum absolute atomic E-state index is 11.0. The Bertz CT molecular complexity index is 479. The molecule has 20 heavy (non-hydrogen) atoms. The van der Waals surface area contributed by atoms with Gasteiger partial charge in [0.15, 0.2) is 0 Å². The number of nitrogens with one attached hydrogen (secondary N) is 1. The number of rotatable bonds is 5. The van der Waals surface area contributed by atoms with Crippen molar-refractivity contribution in [1.29, 1.82) is 0 Å². The van der Waals surface area contributed by atoms with Gasteiger partial charge in [0.05, 0.1) is 17.6 Å². The third-order valence-electron chi connectivity index (χ3n) is 3.29. The van der Waals surface area contributed by atoms with Crippen molar-refractivity contribution < 1.29 is 9.66 Å². The second-order valence-corrected chi connectivity index (χ2v) is 5.09. The minimum Gasteiger partial charge on any atom is -0.493 e. The Morgan fingerprint density at radius 1 is 1.50 bits per heavy atom. The van der Waals surface area contributed by atoms with Gasteiger partial charge in [-0.05, 0) is 13.3 Å². The Morgan fingerprint density at radius 2 is 2.30 bits per heavy atom. The van der Waals surface area contributed by atoms with Crippen molar-refractivity contribution in [2.75, 3.05) is 31.1 Å². The molecule has 2 rings (SSSR count). The van der Waals surface area contributed by atoms with Crippen molar-refractivity contribution in [3.05, 3.63) is 28.3 Å². The van der Waals surface area contributed by atoms with Gasteiger partial charge in [0, 0.05) is 43.5 Å². The van der Waals surface area contributed by atoms with Crippen molar-refractivity contribution >= 4 is 11.4 Å². The fourth-order valence-corrected chi connectivity index (χ4v) is 2.33. The van der Waals surface area contributed by atoms with Crippen LogP contribution in [0, 0.1) is 10.1 Å². The van der Waals surface area contributed by atoms with E-state index in [1.807, 2.05) is 13.0 Å². The van der Waals surface area contributed by atoms with Crippen LogP contribution < -0.4 is 15.0 Å². The van der Waals surface area contributed by atoms with Gasteiger partial charge in [-0.15, -0.1) is 0 Å². The number of ether oxygens (including phenoxy) is 1. The SMILES string of the molecule is CCCOc1cc(N2CCNC(C)C2)cc([N+](=O)[O-])c1. The Balaban J connectivity index is 2.25. The summed E-state index contributed by atoms with van der Waals surface area (Å²) in [6.45, 7) is 7.26. The topological polar surface area (TPSA) is 67.6 Å². The quantitative estimate of drug-likeness (QED) is 0.661. The minimum atomic E-state index is -0.367. The molecule has 1 unspecified atom stereocenters. The van der Waals surface area contributed by atoms with Gasteiger partial charge in [-0.3, -0.25) is 10.1 Å². The zero-order chi connectivity index (χ0) is 14.5. The van der Waals surface area contributed by atoms with Crippen LogP contribution in [0.3, 0.4) is 0 Å². The summed E-state index contributed by atoms with van der Waals surface area (Å²) >= 11 is 0. The molecule has 0 bridgehead atoms. The summed E-state index contributed by atoms with van der Waals surface area (Å²) in [5, 5.41) is 14.4. The Kier molecular flexibility index (Phi) is 4.79. The smallest absolute Gasteiger partial charge is 0.275 e. The summed E-state index contributed by atoms with van der Waals surface area (Å²) in [6, 6.07) is 5.38. The summed E-state index contributed by atoms with van der Waals surface area (Å²) in [4.78, 5) is 12.8. The molecule has 1 N–H and O–H groups in total. The number of hydrogen-bond acceptors (Lipinski definition) is 5. The number of nitrogens with zero attached hydrogens (tertiary/aromatic N) is 2. The molecule has 0 aliphatic carbocycles. The number of nitro benzene ring substituents is 1. The summed E-state index contributed by atoms with van der Waals surface area (Å²) in [7, 11) is 0. The Morgan fingerprint density at radius 3 is 2.95 bits per heavy atom. The van der Waals surface area contributed by atoms with Crippen molar-refractivity contribution in [1.82, 2.24) is 5.32 Å². The molecule has 1 heterocycles. The highest BCUT2D eigenvalue weighted by Crippen LogP contribution is 2.29. The van der Waals surface area contributed by atoms with Crippen molar-refractivity contribution in [2.45, 2.75) is 26.3 Å². The van der Waals surface area contributed by atoms with Crippen LogP contribution in [0.1, 0.15) is 20.3 Å². The molecule has 0 spiro atoms. The molecular weight excluding hydrogens is 258 g/mol. The van der Waals surface area contributed by atoms with E-state index in [2.05, 4.69) is 17.1 Å². The molecule has 1 fully saturated rings. The summed E-state index contributed by atoms with van der Waals surface area (Å²) < 4.78 is 5.56. The van der Waals surface area contributed by atoms with Crippen LogP contribution in [0.25, 0.3) is 0 Å². The third-order valence-corrected chi connectivity index (χ3v) is 3.29. The van der Waals surface area contributed by atoms with E-state index in [1.165, 1.54) is 6.07 Å². The van der Waals surface area contributed by atoms with Crippen LogP contribution in [0.5, 0.6) is 5.75 Å². The van der Waals surface area contributed by atoms with Crippen LogP contribution in [0.4, 0.5) is 11.4 Å². The van der Waals surface area contributed by atoms with Gasteiger partial charge in [-0.2, -0.15) is 0 Å². The highest BCUT2D eigenvalue weighted by molar-refractivity contribution is 5.58. The molecule has 0 amide bonds. The van der Waals surface area contributed by atoms with E-state index in [-0.39, 0.29) is 10.6 Å². The molecule has 1 aromatic rings. The van der Waals surface area contributed by atoms with E-state index >= 15 is 0 Å². The second-order valence-electron chi connectivity index (χ2n) is 5.09. The average Bonchev–Trinajstić information content (AvgIpc) is 2.44. The molecule has 0 saturated carbocycles. The van der Waals surface area contributed by atoms with Crippen molar-refractivity contribution in [3.8, 4) is 5.75 Å². The molecular formula is C14H21N3O3. The number of benzene rings is 1. The second kappa shape index (κ2) is 6.56. The first-order valence-electron chi connectivity index (χ1n) is 7.00. The van der Waals surface area contributed by atoms with Crippen LogP contribution in [0.2, 0.25) is 0 Å². The van der Waals surface area contributed by atoms with Crippen LogP contribution >= 0.6 is 0 Å². The lowest BCUT2D eigenvalue weighted by Gasteiger charge is -2.33. The van der Waals surface area contributed by atoms with Crippen LogP contribution in [-0.2, 0) is 0 Å². The zero-order valence-electron chi connectivity index (χ0n) is 12.0. The van der Waals surface area contributed by atoms with Gasteiger partial charge in [-0.25, -0.2) is 0 Å². The minimum absolute atomic E-state index is 0.0831. The molecule has 0 radical (unpaired) electrons. The van der Waals surface area contributed by atoms with Gasteiger partial charge in [0.25, 0.3) is 5.69 Å². The third kappa shape index (κ3) is 3.60. The lowest BCUT2D eigenvalue weighted by atomic mass is 10.2. The van der Waals surface area contributed by atoms with E-state index < -0.39 is 0 Å². The van der Waals surface area contributed by atoms with Crippen molar-refractivity contribution in [3.63, 3.8) is 0 Å². The van der Waals surface area contributed by atoms with Crippen LogP contribution in [0.15, 0.2) is 18.2 Å². The summed E-state index contributed by atoms with van der Waals surface area (Å²) in [5.74, 6) is 0.572. The largest absolute Gasteiger partial charge is 0.493 e. The molecule has 6 nitrogen and oxygen atoms in total. The monoisotopic (exact) mass is 279 g/mol. The fraction of sp³-hybridized carbons (Fsp3) is 0.571. The van der Waals surface area contributed by atoms with Gasteiger partial charge in [0.1, 0.15) is 5.75 Å². The maximum Gasteiger partial charge on any atom is 0.275 e. The molecule has 1 aromatic carbocycles. The highest BCUT2D eigenvalue weighted by Gasteiger charge is 2.19. The first-order chi connectivity index (χ1) is 9.60. The summed E-state index contributed by atoms with van der Waals surface area (Å²) in [5.41, 5.74) is 0.943. The number of nitro groups is 1. The zero-order valence-corrected chi connectivity index (χ0v) is 12.0. The van der Waals surface area contributed by atoms with Crippen molar-refractivity contribution in [2.24, 2.45) is 0 Å². The van der Waals surface area contributed by atoms with Crippen LogP contribution in [-0.4, -0.2) is 37.2 Å². The first-order valence-corrected chi connectivity index (χ1v) is 7.00. The van der Waals surface area contributed by atoms with Gasteiger partial charge < -0.3 is 15.0 Å². The maximum atomic E-state index is 11.0. The van der Waals surface area contributed by atoms with E-state index in [0.717, 1.165) is 31.7 Å². The van der Waals surface area contributed by atoms with E-state index in [4.69, 9.17) is 4.74 Å². The molecule has 1 aliphatic heterocycles. The van der Waals surface area contributed by atoms with E-state index in [9.17, 15) is 10.1 Å². The number of anilines is 1. The predicted molar refractivity (Wildman–Crippen MR) is 78.6 cm³/mol. The lowest BCUT2D eigenvalue weighted by molar-refractivity contribution is -0.384. The van der Waals surface area contributed by atoms with Gasteiger partial charge >= 0.3 is 0 Å².